The molecule has 1 saturated heterocycles. The Morgan fingerprint density at radius 2 is 1.94 bits per heavy atom. The number of aryl methyl sites for hydroxylation is 1. The Bertz CT molecular complexity index is 1210. The predicted molar refractivity (Wildman–Crippen MR) is 129 cm³/mol. The van der Waals surface area contributed by atoms with E-state index >= 15 is 0 Å². The summed E-state index contributed by atoms with van der Waals surface area (Å²) in [6.07, 6.45) is 9.55. The molecule has 8 heteroatoms. The molecule has 0 saturated carbocycles. The largest absolute Gasteiger partial charge is 0.329 e. The van der Waals surface area contributed by atoms with Gasteiger partial charge in [-0.1, -0.05) is 6.07 Å². The monoisotopic (exact) mass is 491 g/mol. The van der Waals surface area contributed by atoms with Gasteiger partial charge in [0.05, 0.1) is 27.8 Å². The van der Waals surface area contributed by atoms with Gasteiger partial charge in [0.25, 0.3) is 0 Å². The van der Waals surface area contributed by atoms with Crippen LogP contribution in [0.15, 0.2) is 53.5 Å². The van der Waals surface area contributed by atoms with Gasteiger partial charge in [-0.3, -0.25) is 9.97 Å². The van der Waals surface area contributed by atoms with Gasteiger partial charge >= 0.3 is 0 Å². The van der Waals surface area contributed by atoms with E-state index in [0.29, 0.717) is 12.5 Å². The molecule has 1 aliphatic rings. The zero-order valence-electron chi connectivity index (χ0n) is 18.1. The van der Waals surface area contributed by atoms with Crippen LogP contribution in [0.4, 0.5) is 0 Å². The van der Waals surface area contributed by atoms with Crippen molar-refractivity contribution in [1.29, 1.82) is 0 Å². The smallest absolute Gasteiger partial charge is 0.163 e. The van der Waals surface area contributed by atoms with Crippen LogP contribution in [0.2, 0.25) is 0 Å². The lowest BCUT2D eigenvalue weighted by Gasteiger charge is -2.31. The van der Waals surface area contributed by atoms with Gasteiger partial charge < -0.3 is 10.6 Å². The molecule has 0 aliphatic carbocycles. The second-order valence-corrected chi connectivity index (χ2v) is 9.06. The van der Waals surface area contributed by atoms with Gasteiger partial charge in [0, 0.05) is 54.3 Å². The molecule has 5 heterocycles. The number of fused-ring (bicyclic) bond motifs is 1. The van der Waals surface area contributed by atoms with Crippen LogP contribution in [0.5, 0.6) is 0 Å². The third-order valence-electron chi connectivity index (χ3n) is 6.28. The quantitative estimate of drug-likeness (QED) is 0.452. The number of aromatic nitrogens is 5. The normalized spacial score (nSPS) is 15.5. The SMILES string of the molecule is Cc1c(Br)c(C2CCN(CCN)CC2)nc2c(-c3ccc(-c4cccnc4)nc3)cnn12. The van der Waals surface area contributed by atoms with Gasteiger partial charge in [0.1, 0.15) is 0 Å². The number of nitrogens with zero attached hydrogens (tertiary/aromatic N) is 6. The fraction of sp³-hybridized carbons (Fsp3) is 0.333. The Balaban J connectivity index is 1.49. The molecule has 4 aromatic rings. The number of likely N-dealkylation sites (tertiary alicyclic amines) is 1. The van der Waals surface area contributed by atoms with E-state index in [0.717, 1.165) is 76.4 Å². The van der Waals surface area contributed by atoms with E-state index in [1.807, 2.05) is 41.3 Å². The molecule has 0 unspecified atom stereocenters. The second-order valence-electron chi connectivity index (χ2n) is 8.27. The highest BCUT2D eigenvalue weighted by Crippen LogP contribution is 2.35. The molecule has 1 aliphatic heterocycles. The van der Waals surface area contributed by atoms with Crippen LogP contribution >= 0.6 is 15.9 Å². The van der Waals surface area contributed by atoms with Gasteiger partial charge in [0.15, 0.2) is 5.65 Å². The predicted octanol–water partition coefficient (Wildman–Crippen LogP) is 4.06. The fourth-order valence-electron chi connectivity index (χ4n) is 4.46. The Morgan fingerprint density at radius 3 is 2.62 bits per heavy atom. The number of piperidine rings is 1. The van der Waals surface area contributed by atoms with Crippen LogP contribution in [0, 0.1) is 6.92 Å². The molecule has 0 atom stereocenters. The average molecular weight is 492 g/mol. The number of rotatable bonds is 5. The van der Waals surface area contributed by atoms with Crippen molar-refractivity contribution in [3.05, 3.63) is 64.9 Å². The minimum atomic E-state index is 0.427. The summed E-state index contributed by atoms with van der Waals surface area (Å²) in [5.74, 6) is 0.427. The number of pyridine rings is 2. The maximum Gasteiger partial charge on any atom is 0.163 e. The number of hydrogen-bond acceptors (Lipinski definition) is 6. The lowest BCUT2D eigenvalue weighted by Crippen LogP contribution is -2.36. The van der Waals surface area contributed by atoms with E-state index in [9.17, 15) is 0 Å². The third-order valence-corrected chi connectivity index (χ3v) is 7.26. The summed E-state index contributed by atoms with van der Waals surface area (Å²) in [6, 6.07) is 8.03. The highest BCUT2D eigenvalue weighted by Gasteiger charge is 2.25. The second kappa shape index (κ2) is 9.05. The zero-order valence-corrected chi connectivity index (χ0v) is 19.7. The molecular weight excluding hydrogens is 466 g/mol. The molecule has 1 fully saturated rings. The molecule has 164 valence electrons. The van der Waals surface area contributed by atoms with Gasteiger partial charge in [-0.05, 0) is 67.0 Å². The minimum absolute atomic E-state index is 0.427. The summed E-state index contributed by atoms with van der Waals surface area (Å²) in [5, 5.41) is 4.62. The highest BCUT2D eigenvalue weighted by molar-refractivity contribution is 9.10. The van der Waals surface area contributed by atoms with Crippen molar-refractivity contribution in [2.75, 3.05) is 26.2 Å². The summed E-state index contributed by atoms with van der Waals surface area (Å²) in [5.41, 5.74) is 12.7. The number of nitrogens with two attached hydrogens (primary N) is 1. The van der Waals surface area contributed by atoms with Crippen LogP contribution < -0.4 is 5.73 Å². The molecule has 2 N–H and O–H groups in total. The zero-order chi connectivity index (χ0) is 22.1. The number of halogens is 1. The van der Waals surface area contributed by atoms with Gasteiger partial charge in [-0.25, -0.2) is 9.50 Å². The maximum absolute atomic E-state index is 5.73. The maximum atomic E-state index is 5.73. The van der Waals surface area contributed by atoms with Crippen molar-refractivity contribution in [2.24, 2.45) is 5.73 Å². The molecule has 0 bridgehead atoms. The summed E-state index contributed by atoms with van der Waals surface area (Å²) in [4.78, 5) is 16.4. The van der Waals surface area contributed by atoms with Crippen LogP contribution in [-0.2, 0) is 0 Å². The Morgan fingerprint density at radius 1 is 1.09 bits per heavy atom. The van der Waals surface area contributed by atoms with E-state index < -0.39 is 0 Å². The first kappa shape index (κ1) is 21.2. The van der Waals surface area contributed by atoms with Crippen molar-refractivity contribution < 1.29 is 0 Å². The first-order chi connectivity index (χ1) is 15.7. The van der Waals surface area contributed by atoms with Gasteiger partial charge in [0.2, 0.25) is 0 Å². The van der Waals surface area contributed by atoms with E-state index in [4.69, 9.17) is 10.7 Å². The Labute approximate surface area is 195 Å². The molecule has 5 rings (SSSR count). The molecule has 0 spiro atoms. The highest BCUT2D eigenvalue weighted by atomic mass is 79.9. The molecule has 4 aromatic heterocycles. The van der Waals surface area contributed by atoms with E-state index in [1.165, 1.54) is 0 Å². The lowest BCUT2D eigenvalue weighted by atomic mass is 9.93. The Hall–Kier alpha value is -2.68. The molecule has 0 amide bonds. The fourth-order valence-corrected chi connectivity index (χ4v) is 5.04. The van der Waals surface area contributed by atoms with Crippen molar-refractivity contribution >= 4 is 21.6 Å². The first-order valence-corrected chi connectivity index (χ1v) is 11.8. The van der Waals surface area contributed by atoms with E-state index in [2.05, 4.69) is 48.9 Å². The average Bonchev–Trinajstić information content (AvgIpc) is 3.27. The third kappa shape index (κ3) is 3.94. The first-order valence-electron chi connectivity index (χ1n) is 11.0. The van der Waals surface area contributed by atoms with Crippen molar-refractivity contribution in [1.82, 2.24) is 29.5 Å². The molecule has 7 nitrogen and oxygen atoms in total. The van der Waals surface area contributed by atoms with Crippen LogP contribution in [0.1, 0.15) is 30.1 Å². The minimum Gasteiger partial charge on any atom is -0.329 e. The van der Waals surface area contributed by atoms with E-state index in [-0.39, 0.29) is 0 Å². The lowest BCUT2D eigenvalue weighted by molar-refractivity contribution is 0.216. The van der Waals surface area contributed by atoms with Gasteiger partial charge in [-0.15, -0.1) is 0 Å². The summed E-state index contributed by atoms with van der Waals surface area (Å²) >= 11 is 3.81. The Kier molecular flexibility index (Phi) is 5.99. The molecular formula is C24H26BrN7. The van der Waals surface area contributed by atoms with Crippen molar-refractivity contribution in [3.8, 4) is 22.4 Å². The molecule has 0 aromatic carbocycles. The molecule has 0 radical (unpaired) electrons. The van der Waals surface area contributed by atoms with Crippen LogP contribution in [0.3, 0.4) is 0 Å². The van der Waals surface area contributed by atoms with Crippen molar-refractivity contribution in [3.63, 3.8) is 0 Å². The summed E-state index contributed by atoms with van der Waals surface area (Å²) < 4.78 is 2.98. The van der Waals surface area contributed by atoms with E-state index in [1.54, 1.807) is 6.20 Å². The summed E-state index contributed by atoms with van der Waals surface area (Å²) in [6.45, 7) is 5.89. The van der Waals surface area contributed by atoms with Crippen molar-refractivity contribution in [2.45, 2.75) is 25.7 Å². The number of hydrogen-bond donors (Lipinski definition) is 1. The standard InChI is InChI=1S/C24H26BrN7/c1-16-22(25)23(17-6-10-31(11-7-17)12-8-26)30-24-20(15-29-32(16)24)18-4-5-21(28-14-18)19-3-2-9-27-13-19/h2-5,9,13-15,17H,6-8,10-12,26H2,1H3. The molecule has 32 heavy (non-hydrogen) atoms. The van der Waals surface area contributed by atoms with Crippen LogP contribution in [0.25, 0.3) is 28.0 Å². The topological polar surface area (TPSA) is 85.2 Å². The summed E-state index contributed by atoms with van der Waals surface area (Å²) in [7, 11) is 0. The van der Waals surface area contributed by atoms with Crippen LogP contribution in [-0.4, -0.2) is 55.6 Å². The van der Waals surface area contributed by atoms with Gasteiger partial charge in [-0.2, -0.15) is 5.10 Å².